The predicted molar refractivity (Wildman–Crippen MR) is 92.7 cm³/mol. The Hall–Kier alpha value is -2.13. The van der Waals surface area contributed by atoms with Crippen LogP contribution in [0.2, 0.25) is 0 Å². The van der Waals surface area contributed by atoms with Crippen LogP contribution in [-0.2, 0) is 19.5 Å². The molecule has 0 spiro atoms. The van der Waals surface area contributed by atoms with E-state index >= 15 is 0 Å². The summed E-state index contributed by atoms with van der Waals surface area (Å²) in [4.78, 5) is 4.90. The van der Waals surface area contributed by atoms with Gasteiger partial charge in [-0.25, -0.2) is 4.98 Å². The van der Waals surface area contributed by atoms with Gasteiger partial charge >= 0.3 is 0 Å². The lowest BCUT2D eigenvalue weighted by Crippen LogP contribution is -2.00. The van der Waals surface area contributed by atoms with Crippen LogP contribution in [0, 0.1) is 0 Å². The van der Waals surface area contributed by atoms with Gasteiger partial charge in [0.25, 0.3) is 0 Å². The lowest BCUT2D eigenvalue weighted by atomic mass is 10.1. The summed E-state index contributed by atoms with van der Waals surface area (Å²) < 4.78 is 2.33. The molecule has 2 aromatic carbocycles. The summed E-state index contributed by atoms with van der Waals surface area (Å²) in [5, 5.41) is 0. The van der Waals surface area contributed by atoms with Crippen LogP contribution in [0.15, 0.2) is 42.5 Å². The number of aromatic nitrogens is 2. The van der Waals surface area contributed by atoms with E-state index in [2.05, 4.69) is 60.9 Å². The van der Waals surface area contributed by atoms with Crippen LogP contribution in [-0.4, -0.2) is 9.55 Å². The Bertz CT molecular complexity index is 769. The number of nitrogens with zero attached hydrogens (tertiary/aromatic N) is 2. The molecule has 0 aliphatic heterocycles. The zero-order chi connectivity index (χ0) is 15.5. The highest BCUT2D eigenvalue weighted by Crippen LogP contribution is 2.26. The Morgan fingerprint density at radius 1 is 1.00 bits per heavy atom. The Balaban J connectivity index is 2.15. The van der Waals surface area contributed by atoms with Crippen molar-refractivity contribution >= 4 is 11.0 Å². The zero-order valence-electron chi connectivity index (χ0n) is 13.3. The summed E-state index contributed by atoms with van der Waals surface area (Å²) in [5.74, 6) is 1.05. The summed E-state index contributed by atoms with van der Waals surface area (Å²) in [5.41, 5.74) is 11.6. The molecule has 1 heterocycles. The average Bonchev–Trinajstić information content (AvgIpc) is 2.93. The molecule has 0 amide bonds. The number of nitrogens with two attached hydrogens (primary N) is 1. The summed E-state index contributed by atoms with van der Waals surface area (Å²) in [7, 11) is 0. The predicted octanol–water partition coefficient (Wildman–Crippen LogP) is 4.13. The topological polar surface area (TPSA) is 43.8 Å². The first kappa shape index (κ1) is 14.8. The second-order valence-electron chi connectivity index (χ2n) is 5.66. The molecule has 0 unspecified atom stereocenters. The molecule has 0 aliphatic rings. The highest BCUT2D eigenvalue weighted by Gasteiger charge is 2.12. The van der Waals surface area contributed by atoms with E-state index < -0.39 is 0 Å². The van der Waals surface area contributed by atoms with Crippen molar-refractivity contribution in [1.29, 1.82) is 0 Å². The van der Waals surface area contributed by atoms with Crippen LogP contribution in [0.25, 0.3) is 22.4 Å². The number of rotatable bonds is 5. The maximum atomic E-state index is 5.69. The van der Waals surface area contributed by atoms with Crippen LogP contribution in [0.4, 0.5) is 0 Å². The third-order valence-electron chi connectivity index (χ3n) is 4.12. The van der Waals surface area contributed by atoms with Gasteiger partial charge in [0.1, 0.15) is 5.82 Å². The quantitative estimate of drug-likeness (QED) is 0.768. The minimum absolute atomic E-state index is 0.575. The fourth-order valence-electron chi connectivity index (χ4n) is 2.86. The average molecular weight is 293 g/mol. The van der Waals surface area contributed by atoms with Crippen molar-refractivity contribution in [2.24, 2.45) is 5.73 Å². The third kappa shape index (κ3) is 2.64. The zero-order valence-corrected chi connectivity index (χ0v) is 13.3. The fourth-order valence-corrected chi connectivity index (χ4v) is 2.86. The summed E-state index contributed by atoms with van der Waals surface area (Å²) in [6, 6.07) is 15.0. The minimum atomic E-state index is 0.575. The van der Waals surface area contributed by atoms with Crippen LogP contribution < -0.4 is 5.73 Å². The van der Waals surface area contributed by atoms with Crippen LogP contribution in [0.3, 0.4) is 0 Å². The molecule has 22 heavy (non-hydrogen) atoms. The highest BCUT2D eigenvalue weighted by molar-refractivity contribution is 5.81. The molecule has 0 fully saturated rings. The molecule has 0 radical (unpaired) electrons. The molecule has 1 aromatic heterocycles. The van der Waals surface area contributed by atoms with Gasteiger partial charge in [-0.2, -0.15) is 0 Å². The number of aryl methyl sites for hydroxylation is 2. The first-order chi connectivity index (χ1) is 10.8. The normalized spacial score (nSPS) is 11.2. The molecule has 0 aliphatic carbocycles. The first-order valence-electron chi connectivity index (χ1n) is 8.05. The molecule has 0 saturated carbocycles. The van der Waals surface area contributed by atoms with E-state index in [1.165, 1.54) is 11.1 Å². The Kier molecular flexibility index (Phi) is 4.25. The molecule has 0 atom stereocenters. The molecule has 3 nitrogen and oxygen atoms in total. The van der Waals surface area contributed by atoms with Crippen molar-refractivity contribution in [2.75, 3.05) is 0 Å². The van der Waals surface area contributed by atoms with Crippen LogP contribution in [0.5, 0.6) is 0 Å². The minimum Gasteiger partial charge on any atom is -0.326 e. The van der Waals surface area contributed by atoms with Crippen molar-refractivity contribution in [3.05, 3.63) is 53.6 Å². The van der Waals surface area contributed by atoms with Crippen LogP contribution >= 0.6 is 0 Å². The van der Waals surface area contributed by atoms with Crippen molar-refractivity contribution in [3.63, 3.8) is 0 Å². The van der Waals surface area contributed by atoms with Crippen molar-refractivity contribution in [1.82, 2.24) is 9.55 Å². The summed E-state index contributed by atoms with van der Waals surface area (Å²) in [6.07, 6.45) is 2.13. The van der Waals surface area contributed by atoms with E-state index in [0.29, 0.717) is 6.54 Å². The fraction of sp³-hybridized carbons (Fsp3) is 0.316. The van der Waals surface area contributed by atoms with E-state index in [4.69, 9.17) is 10.7 Å². The Morgan fingerprint density at radius 3 is 2.36 bits per heavy atom. The van der Waals surface area contributed by atoms with Crippen molar-refractivity contribution < 1.29 is 0 Å². The molecule has 0 bridgehead atoms. The molecule has 2 N–H and O–H groups in total. The molecular weight excluding hydrogens is 270 g/mol. The number of fused-ring (bicyclic) bond motifs is 1. The number of hydrogen-bond acceptors (Lipinski definition) is 2. The SMILES string of the molecule is CCCn1c(-c2ccc(CN)cc2)nc2cc(CC)ccc21. The van der Waals surface area contributed by atoms with E-state index in [-0.39, 0.29) is 0 Å². The molecule has 3 rings (SSSR count). The lowest BCUT2D eigenvalue weighted by molar-refractivity contribution is 0.704. The van der Waals surface area contributed by atoms with E-state index in [0.717, 1.165) is 41.9 Å². The number of hydrogen-bond donors (Lipinski definition) is 1. The van der Waals surface area contributed by atoms with Gasteiger partial charge in [0.2, 0.25) is 0 Å². The molecule has 0 saturated heterocycles. The second kappa shape index (κ2) is 6.32. The van der Waals surface area contributed by atoms with Gasteiger partial charge in [-0.05, 0) is 36.1 Å². The Labute approximate surface area is 131 Å². The van der Waals surface area contributed by atoms with Crippen molar-refractivity contribution in [2.45, 2.75) is 39.8 Å². The van der Waals surface area contributed by atoms with Gasteiger partial charge in [0.05, 0.1) is 11.0 Å². The van der Waals surface area contributed by atoms with Gasteiger partial charge in [0, 0.05) is 18.7 Å². The summed E-state index contributed by atoms with van der Waals surface area (Å²) >= 11 is 0. The maximum absolute atomic E-state index is 5.69. The van der Waals surface area contributed by atoms with E-state index in [1.54, 1.807) is 0 Å². The molecule has 3 heteroatoms. The molecular formula is C19H23N3. The van der Waals surface area contributed by atoms with Gasteiger partial charge in [0.15, 0.2) is 0 Å². The number of benzene rings is 2. The maximum Gasteiger partial charge on any atom is 0.141 e. The number of imidazole rings is 1. The van der Waals surface area contributed by atoms with E-state index in [9.17, 15) is 0 Å². The molecule has 3 aromatic rings. The summed E-state index contributed by atoms with van der Waals surface area (Å²) in [6.45, 7) is 5.94. The highest BCUT2D eigenvalue weighted by atomic mass is 15.1. The molecule has 114 valence electrons. The smallest absolute Gasteiger partial charge is 0.141 e. The lowest BCUT2D eigenvalue weighted by Gasteiger charge is -2.08. The van der Waals surface area contributed by atoms with Crippen molar-refractivity contribution in [3.8, 4) is 11.4 Å². The van der Waals surface area contributed by atoms with Gasteiger partial charge in [-0.1, -0.05) is 44.2 Å². The van der Waals surface area contributed by atoms with Gasteiger partial charge in [-0.3, -0.25) is 0 Å². The third-order valence-corrected chi connectivity index (χ3v) is 4.12. The largest absolute Gasteiger partial charge is 0.326 e. The second-order valence-corrected chi connectivity index (χ2v) is 5.66. The van der Waals surface area contributed by atoms with E-state index in [1.807, 2.05) is 0 Å². The monoisotopic (exact) mass is 293 g/mol. The van der Waals surface area contributed by atoms with Crippen LogP contribution in [0.1, 0.15) is 31.4 Å². The Morgan fingerprint density at radius 2 is 1.73 bits per heavy atom. The standard InChI is InChI=1S/C19H23N3/c1-3-11-22-18-10-7-14(4-2)12-17(18)21-19(22)16-8-5-15(13-20)6-9-16/h5-10,12H,3-4,11,13,20H2,1-2H3. The van der Waals surface area contributed by atoms with Gasteiger partial charge in [-0.15, -0.1) is 0 Å². The van der Waals surface area contributed by atoms with Gasteiger partial charge < -0.3 is 10.3 Å². The first-order valence-corrected chi connectivity index (χ1v) is 8.05.